The van der Waals surface area contributed by atoms with Crippen molar-refractivity contribution in [2.75, 3.05) is 0 Å². The topological polar surface area (TPSA) is 40.9 Å². The molecule has 0 bridgehead atoms. The van der Waals surface area contributed by atoms with Crippen molar-refractivity contribution in [1.29, 1.82) is 5.41 Å². The second-order valence-electron chi connectivity index (χ2n) is 3.43. The summed E-state index contributed by atoms with van der Waals surface area (Å²) >= 11 is 0. The summed E-state index contributed by atoms with van der Waals surface area (Å²) in [6.07, 6.45) is 14.8. The van der Waals surface area contributed by atoms with E-state index in [4.69, 9.17) is 5.41 Å². The van der Waals surface area contributed by atoms with E-state index in [1.54, 1.807) is 5.94 Å². The van der Waals surface area contributed by atoms with Gasteiger partial charge in [0, 0.05) is 0 Å². The smallest absolute Gasteiger partial charge is 0.128 e. The monoisotopic (exact) mass is 193 g/mol. The Morgan fingerprint density at radius 1 is 0.786 bits per heavy atom. The van der Waals surface area contributed by atoms with E-state index in [9.17, 15) is 4.79 Å². The molecule has 0 fully saturated rings. The first kappa shape index (κ1) is 13.1. The molecule has 0 aromatic heterocycles. The van der Waals surface area contributed by atoms with Crippen LogP contribution in [0.2, 0.25) is 0 Å². The number of nitrogens with one attached hydrogen (secondary N) is 1. The van der Waals surface area contributed by atoms with Crippen LogP contribution in [0.25, 0.3) is 0 Å². The largest absolute Gasteiger partial charge is 0.303 e. The van der Waals surface area contributed by atoms with Crippen LogP contribution in [0.15, 0.2) is 0 Å². The minimum Gasteiger partial charge on any atom is -0.303 e. The molecule has 0 aliphatic carbocycles. The quantitative estimate of drug-likeness (QED) is 0.323. The summed E-state index contributed by atoms with van der Waals surface area (Å²) < 4.78 is 0. The molecule has 0 heterocycles. The Hall–Kier alpha value is -0.880. The van der Waals surface area contributed by atoms with Crippen molar-refractivity contribution in [1.82, 2.24) is 0 Å². The van der Waals surface area contributed by atoms with E-state index in [-0.39, 0.29) is 0 Å². The second-order valence-corrected chi connectivity index (χ2v) is 3.43. The van der Waals surface area contributed by atoms with Crippen LogP contribution in [-0.2, 0) is 4.79 Å². The molecule has 0 spiro atoms. The van der Waals surface area contributed by atoms with Crippen LogP contribution in [0.4, 0.5) is 0 Å². The SMILES string of the molecule is N=[C]CCCCCCCCC[C]=C=O. The standard InChI is InChI=1S/C12H19NO/c13-11-9-7-5-3-1-2-4-6-8-10-12-14/h13H,1-9H2. The lowest BCUT2D eigenvalue weighted by atomic mass is 10.1. The lowest BCUT2D eigenvalue weighted by molar-refractivity contribution is 0.564. The van der Waals surface area contributed by atoms with E-state index in [2.05, 4.69) is 12.3 Å². The third kappa shape index (κ3) is 11.1. The van der Waals surface area contributed by atoms with Gasteiger partial charge in [0.1, 0.15) is 5.94 Å². The molecular formula is C12H19NO. The Morgan fingerprint density at radius 2 is 1.29 bits per heavy atom. The first-order chi connectivity index (χ1) is 6.91. The zero-order valence-electron chi connectivity index (χ0n) is 8.77. The van der Waals surface area contributed by atoms with Gasteiger partial charge in [-0.25, -0.2) is 4.79 Å². The van der Waals surface area contributed by atoms with Gasteiger partial charge in [0.15, 0.2) is 0 Å². The molecule has 0 unspecified atom stereocenters. The maximum absolute atomic E-state index is 9.78. The van der Waals surface area contributed by atoms with E-state index < -0.39 is 0 Å². The van der Waals surface area contributed by atoms with E-state index >= 15 is 0 Å². The molecule has 2 nitrogen and oxygen atoms in total. The van der Waals surface area contributed by atoms with E-state index in [1.165, 1.54) is 32.1 Å². The highest BCUT2D eigenvalue weighted by atomic mass is 16.1. The molecule has 78 valence electrons. The van der Waals surface area contributed by atoms with Crippen molar-refractivity contribution in [3.63, 3.8) is 0 Å². The van der Waals surface area contributed by atoms with Crippen molar-refractivity contribution < 1.29 is 4.79 Å². The Kier molecular flexibility index (Phi) is 11.4. The number of hydrogen-bond acceptors (Lipinski definition) is 2. The molecular weight excluding hydrogens is 174 g/mol. The van der Waals surface area contributed by atoms with Gasteiger partial charge in [-0.2, -0.15) is 0 Å². The number of carbonyl (C=O) groups excluding carboxylic acids is 1. The third-order valence-corrected chi connectivity index (χ3v) is 2.18. The predicted molar refractivity (Wildman–Crippen MR) is 58.2 cm³/mol. The zero-order chi connectivity index (χ0) is 10.5. The van der Waals surface area contributed by atoms with Gasteiger partial charge in [-0.1, -0.05) is 32.1 Å². The molecule has 0 atom stereocenters. The van der Waals surface area contributed by atoms with Crippen LogP contribution in [0.5, 0.6) is 0 Å². The first-order valence-electron chi connectivity index (χ1n) is 5.41. The third-order valence-electron chi connectivity index (χ3n) is 2.18. The molecule has 0 aliphatic rings. The van der Waals surface area contributed by atoms with Gasteiger partial charge in [0.2, 0.25) is 0 Å². The molecule has 2 radical (unpaired) electrons. The number of hydrogen-bond donors (Lipinski definition) is 1. The Balaban J connectivity index is 2.91. The maximum atomic E-state index is 9.78. The van der Waals surface area contributed by atoms with Gasteiger partial charge < -0.3 is 5.41 Å². The molecule has 0 aliphatic heterocycles. The molecule has 0 saturated carbocycles. The summed E-state index contributed by atoms with van der Waals surface area (Å²) in [7, 11) is 0. The Bertz CT molecular complexity index is 171. The van der Waals surface area contributed by atoms with Crippen LogP contribution < -0.4 is 0 Å². The molecule has 0 aromatic rings. The van der Waals surface area contributed by atoms with Crippen molar-refractivity contribution >= 4 is 12.2 Å². The van der Waals surface area contributed by atoms with Crippen LogP contribution >= 0.6 is 0 Å². The summed E-state index contributed by atoms with van der Waals surface area (Å²) in [6, 6.07) is 0. The molecule has 14 heavy (non-hydrogen) atoms. The zero-order valence-corrected chi connectivity index (χ0v) is 8.77. The van der Waals surface area contributed by atoms with Crippen molar-refractivity contribution in [3.8, 4) is 0 Å². The fourth-order valence-corrected chi connectivity index (χ4v) is 1.36. The summed E-state index contributed by atoms with van der Waals surface area (Å²) in [4.78, 5) is 9.78. The first-order valence-corrected chi connectivity index (χ1v) is 5.41. The van der Waals surface area contributed by atoms with Crippen molar-refractivity contribution in [3.05, 3.63) is 6.08 Å². The molecule has 0 amide bonds. The average Bonchev–Trinajstić information content (AvgIpc) is 2.21. The minimum absolute atomic E-state index is 0.756. The van der Waals surface area contributed by atoms with Crippen LogP contribution in [0.1, 0.15) is 57.8 Å². The van der Waals surface area contributed by atoms with Crippen LogP contribution in [0.3, 0.4) is 0 Å². The molecule has 0 rings (SSSR count). The number of unbranched alkanes of at least 4 members (excludes halogenated alkanes) is 8. The fourth-order valence-electron chi connectivity index (χ4n) is 1.36. The highest BCUT2D eigenvalue weighted by molar-refractivity contribution is 5.52. The highest BCUT2D eigenvalue weighted by Gasteiger charge is 1.90. The average molecular weight is 193 g/mol. The van der Waals surface area contributed by atoms with Crippen molar-refractivity contribution in [2.24, 2.45) is 0 Å². The maximum Gasteiger partial charge on any atom is 0.128 e. The summed E-state index contributed by atoms with van der Waals surface area (Å²) in [5.74, 6) is 1.67. The molecule has 0 saturated heterocycles. The molecule has 0 aromatic carbocycles. The van der Waals surface area contributed by atoms with Gasteiger partial charge >= 0.3 is 0 Å². The molecule has 2 heteroatoms. The number of rotatable bonds is 10. The van der Waals surface area contributed by atoms with Crippen LogP contribution in [0, 0.1) is 11.5 Å². The van der Waals surface area contributed by atoms with Gasteiger partial charge in [0.25, 0.3) is 0 Å². The Morgan fingerprint density at radius 3 is 1.79 bits per heavy atom. The second kappa shape index (κ2) is 12.1. The Labute approximate surface area is 86.9 Å². The number of allylic oxidation sites excluding steroid dienone is 1. The summed E-state index contributed by atoms with van der Waals surface area (Å²) in [5.41, 5.74) is 0. The van der Waals surface area contributed by atoms with E-state index in [0.29, 0.717) is 0 Å². The van der Waals surface area contributed by atoms with Gasteiger partial charge in [0.05, 0.1) is 12.3 Å². The fraction of sp³-hybridized carbons (Fsp3) is 0.750. The summed E-state index contributed by atoms with van der Waals surface area (Å²) in [6.45, 7) is 0. The highest BCUT2D eigenvalue weighted by Crippen LogP contribution is 2.08. The van der Waals surface area contributed by atoms with Gasteiger partial charge in [-0.3, -0.25) is 0 Å². The minimum atomic E-state index is 0.756. The lowest BCUT2D eigenvalue weighted by Crippen LogP contribution is -1.81. The molecule has 1 N–H and O–H groups in total. The normalized spacial score (nSPS) is 9.43. The van der Waals surface area contributed by atoms with Crippen LogP contribution in [-0.4, -0.2) is 12.2 Å². The van der Waals surface area contributed by atoms with E-state index in [0.717, 1.165) is 25.7 Å². The van der Waals surface area contributed by atoms with Gasteiger partial charge in [-0.15, -0.1) is 0 Å². The van der Waals surface area contributed by atoms with Gasteiger partial charge in [-0.05, 0) is 25.7 Å². The summed E-state index contributed by atoms with van der Waals surface area (Å²) in [5, 5.41) is 6.73. The predicted octanol–water partition coefficient (Wildman–Crippen LogP) is 3.21. The van der Waals surface area contributed by atoms with E-state index in [1.807, 2.05) is 0 Å². The van der Waals surface area contributed by atoms with Crippen molar-refractivity contribution in [2.45, 2.75) is 57.8 Å². The lowest BCUT2D eigenvalue weighted by Gasteiger charge is -1.98.